The lowest BCUT2D eigenvalue weighted by molar-refractivity contribution is 0.0954. The van der Waals surface area contributed by atoms with Gasteiger partial charge in [-0.05, 0) is 55.2 Å². The first kappa shape index (κ1) is 22.1. The van der Waals surface area contributed by atoms with Crippen LogP contribution in [0.2, 0.25) is 10.0 Å². The van der Waals surface area contributed by atoms with Gasteiger partial charge in [-0.2, -0.15) is 4.31 Å². The van der Waals surface area contributed by atoms with Crippen molar-refractivity contribution in [3.63, 3.8) is 0 Å². The topological polar surface area (TPSA) is 66.5 Å². The summed E-state index contributed by atoms with van der Waals surface area (Å²) < 4.78 is 27.2. The third kappa shape index (κ3) is 5.72. The Morgan fingerprint density at radius 1 is 0.966 bits per heavy atom. The van der Waals surface area contributed by atoms with E-state index in [9.17, 15) is 13.2 Å². The van der Waals surface area contributed by atoms with Crippen LogP contribution in [0.15, 0.2) is 47.4 Å². The summed E-state index contributed by atoms with van der Waals surface area (Å²) in [5, 5.41) is 3.60. The number of nitrogens with one attached hydrogen (secondary N) is 1. The van der Waals surface area contributed by atoms with E-state index in [4.69, 9.17) is 23.2 Å². The van der Waals surface area contributed by atoms with Crippen LogP contribution in [0, 0.1) is 0 Å². The Bertz CT molecular complexity index is 954. The molecular weight excluding hydrogens is 431 g/mol. The van der Waals surface area contributed by atoms with E-state index >= 15 is 0 Å². The molecule has 0 spiro atoms. The fraction of sp³-hybridized carbons (Fsp3) is 0.381. The predicted octanol–water partition coefficient (Wildman–Crippen LogP) is 4.53. The Hall–Kier alpha value is -1.60. The van der Waals surface area contributed by atoms with Gasteiger partial charge < -0.3 is 5.32 Å². The number of nitrogens with zero attached hydrogens (tertiary/aromatic N) is 1. The molecule has 1 N–H and O–H groups in total. The van der Waals surface area contributed by atoms with Crippen molar-refractivity contribution in [2.24, 2.45) is 0 Å². The molecule has 0 unspecified atom stereocenters. The summed E-state index contributed by atoms with van der Waals surface area (Å²) in [6, 6.07) is 11.6. The maximum Gasteiger partial charge on any atom is 0.252 e. The molecule has 8 heteroatoms. The molecule has 5 nitrogen and oxygen atoms in total. The quantitative estimate of drug-likeness (QED) is 0.696. The van der Waals surface area contributed by atoms with E-state index in [-0.39, 0.29) is 5.91 Å². The van der Waals surface area contributed by atoms with Gasteiger partial charge in [-0.3, -0.25) is 4.79 Å². The van der Waals surface area contributed by atoms with E-state index in [2.05, 4.69) is 5.32 Å². The van der Waals surface area contributed by atoms with Gasteiger partial charge in [-0.15, -0.1) is 0 Å². The minimum atomic E-state index is -3.44. The minimum Gasteiger partial charge on any atom is -0.352 e. The van der Waals surface area contributed by atoms with Crippen LogP contribution in [0.4, 0.5) is 0 Å². The largest absolute Gasteiger partial charge is 0.352 e. The lowest BCUT2D eigenvalue weighted by Crippen LogP contribution is -2.31. The monoisotopic (exact) mass is 454 g/mol. The van der Waals surface area contributed by atoms with Gasteiger partial charge in [0.1, 0.15) is 0 Å². The third-order valence-electron chi connectivity index (χ3n) is 5.00. The molecule has 1 saturated heterocycles. The first-order valence-corrected chi connectivity index (χ1v) is 11.9. The number of benzene rings is 2. The second-order valence-corrected chi connectivity index (χ2v) is 9.87. The van der Waals surface area contributed by atoms with Crippen LogP contribution in [0.3, 0.4) is 0 Å². The molecule has 3 rings (SSSR count). The molecule has 0 atom stereocenters. The van der Waals surface area contributed by atoms with Crippen LogP contribution >= 0.6 is 23.2 Å². The van der Waals surface area contributed by atoms with Crippen molar-refractivity contribution in [3.8, 4) is 0 Å². The van der Waals surface area contributed by atoms with Crippen molar-refractivity contribution in [1.82, 2.24) is 9.62 Å². The number of amides is 1. The number of hydrogen-bond donors (Lipinski definition) is 1. The van der Waals surface area contributed by atoms with Crippen LogP contribution in [0.25, 0.3) is 0 Å². The van der Waals surface area contributed by atoms with Crippen molar-refractivity contribution in [1.29, 1.82) is 0 Å². The van der Waals surface area contributed by atoms with Crippen molar-refractivity contribution >= 4 is 39.1 Å². The number of halogens is 2. The number of sulfonamides is 1. The molecule has 1 aliphatic heterocycles. The normalized spacial score (nSPS) is 15.7. The van der Waals surface area contributed by atoms with Gasteiger partial charge in [0, 0.05) is 24.7 Å². The molecule has 156 valence electrons. The van der Waals surface area contributed by atoms with Crippen molar-refractivity contribution in [2.75, 3.05) is 19.6 Å². The zero-order chi connectivity index (χ0) is 20.9. The molecule has 1 aliphatic rings. The summed E-state index contributed by atoms with van der Waals surface area (Å²) >= 11 is 12.0. The summed E-state index contributed by atoms with van der Waals surface area (Å²) in [6.45, 7) is 1.57. The van der Waals surface area contributed by atoms with Crippen LogP contribution in [-0.2, 0) is 16.4 Å². The summed E-state index contributed by atoms with van der Waals surface area (Å²) in [6.07, 6.45) is 4.56. The first-order valence-electron chi connectivity index (χ1n) is 9.70. The van der Waals surface area contributed by atoms with E-state index in [0.29, 0.717) is 46.6 Å². The SMILES string of the molecule is O=C(NCCc1ccc(S(=O)(=O)N2CCCCCC2)cc1)c1cc(Cl)ccc1Cl. The van der Waals surface area contributed by atoms with E-state index in [1.807, 2.05) is 0 Å². The van der Waals surface area contributed by atoms with Crippen LogP contribution in [-0.4, -0.2) is 38.3 Å². The fourth-order valence-electron chi connectivity index (χ4n) is 3.35. The van der Waals surface area contributed by atoms with Crippen molar-refractivity contribution < 1.29 is 13.2 Å². The smallest absolute Gasteiger partial charge is 0.252 e. The summed E-state index contributed by atoms with van der Waals surface area (Å²) in [4.78, 5) is 12.6. The number of rotatable bonds is 6. The molecule has 0 aromatic heterocycles. The second-order valence-electron chi connectivity index (χ2n) is 7.09. The van der Waals surface area contributed by atoms with Gasteiger partial charge in [-0.1, -0.05) is 48.2 Å². The fourth-order valence-corrected chi connectivity index (χ4v) is 5.24. The van der Waals surface area contributed by atoms with Crippen LogP contribution in [0.1, 0.15) is 41.6 Å². The molecular formula is C21H24Cl2N2O3S. The Morgan fingerprint density at radius 3 is 2.28 bits per heavy atom. The van der Waals surface area contributed by atoms with E-state index < -0.39 is 10.0 Å². The average molecular weight is 455 g/mol. The van der Waals surface area contributed by atoms with Crippen molar-refractivity contribution in [3.05, 3.63) is 63.6 Å². The van der Waals surface area contributed by atoms with E-state index in [0.717, 1.165) is 31.2 Å². The summed E-state index contributed by atoms with van der Waals surface area (Å²) in [7, 11) is -3.44. The summed E-state index contributed by atoms with van der Waals surface area (Å²) in [5.41, 5.74) is 1.27. The molecule has 0 saturated carbocycles. The lowest BCUT2D eigenvalue weighted by Gasteiger charge is -2.20. The maximum atomic E-state index is 12.8. The molecule has 1 amide bonds. The highest BCUT2D eigenvalue weighted by molar-refractivity contribution is 7.89. The van der Waals surface area contributed by atoms with Gasteiger partial charge in [0.05, 0.1) is 15.5 Å². The number of hydrogen-bond acceptors (Lipinski definition) is 3. The third-order valence-corrected chi connectivity index (χ3v) is 7.48. The predicted molar refractivity (Wildman–Crippen MR) is 116 cm³/mol. The minimum absolute atomic E-state index is 0.294. The highest BCUT2D eigenvalue weighted by Crippen LogP contribution is 2.22. The highest BCUT2D eigenvalue weighted by Gasteiger charge is 2.24. The Morgan fingerprint density at radius 2 is 1.62 bits per heavy atom. The Balaban J connectivity index is 1.58. The van der Waals surface area contributed by atoms with Gasteiger partial charge >= 0.3 is 0 Å². The molecule has 2 aromatic rings. The van der Waals surface area contributed by atoms with Gasteiger partial charge in [-0.25, -0.2) is 8.42 Å². The average Bonchev–Trinajstić information content (AvgIpc) is 3.00. The molecule has 2 aromatic carbocycles. The molecule has 29 heavy (non-hydrogen) atoms. The van der Waals surface area contributed by atoms with Crippen LogP contribution in [0.5, 0.6) is 0 Å². The lowest BCUT2D eigenvalue weighted by atomic mass is 10.1. The zero-order valence-corrected chi connectivity index (χ0v) is 18.4. The first-order chi connectivity index (χ1) is 13.9. The molecule has 1 heterocycles. The zero-order valence-electron chi connectivity index (χ0n) is 16.0. The van der Waals surface area contributed by atoms with Crippen molar-refractivity contribution in [2.45, 2.75) is 37.0 Å². The highest BCUT2D eigenvalue weighted by atomic mass is 35.5. The standard InChI is InChI=1S/C21H24Cl2N2O3S/c22-17-7-10-20(23)19(15-17)21(26)24-12-11-16-5-8-18(9-6-16)29(27,28)25-13-3-1-2-4-14-25/h5-10,15H,1-4,11-14H2,(H,24,26). The molecule has 1 fully saturated rings. The van der Waals surface area contributed by atoms with Gasteiger partial charge in [0.15, 0.2) is 0 Å². The summed E-state index contributed by atoms with van der Waals surface area (Å²) in [5.74, 6) is -0.294. The molecule has 0 radical (unpaired) electrons. The maximum absolute atomic E-state index is 12.8. The Kier molecular flexibility index (Phi) is 7.57. The van der Waals surface area contributed by atoms with Gasteiger partial charge in [0.25, 0.3) is 5.91 Å². The van der Waals surface area contributed by atoms with E-state index in [1.54, 1.807) is 40.7 Å². The van der Waals surface area contributed by atoms with Gasteiger partial charge in [0.2, 0.25) is 10.0 Å². The second kappa shape index (κ2) is 9.94. The number of carbonyl (C=O) groups is 1. The number of carbonyl (C=O) groups excluding carboxylic acids is 1. The molecule has 0 bridgehead atoms. The Labute approximate surface area is 182 Å². The van der Waals surface area contributed by atoms with Crippen LogP contribution < -0.4 is 5.32 Å². The molecule has 0 aliphatic carbocycles. The van der Waals surface area contributed by atoms with E-state index in [1.165, 1.54) is 6.07 Å².